The summed E-state index contributed by atoms with van der Waals surface area (Å²) >= 11 is 0. The molecule has 0 bridgehead atoms. The SMILES string of the molecule is Cc1c(CCC(=O)O)c2cc(OCc3ccccc3)ccc2n1C(=O)c1cccc(NC=O)c1. The summed E-state index contributed by atoms with van der Waals surface area (Å²) in [6, 6.07) is 21.9. The molecular formula is C27H24N2O5. The van der Waals surface area contributed by atoms with E-state index >= 15 is 0 Å². The lowest BCUT2D eigenvalue weighted by atomic mass is 10.1. The van der Waals surface area contributed by atoms with Gasteiger partial charge in [0.15, 0.2) is 0 Å². The molecule has 172 valence electrons. The number of benzene rings is 3. The first-order valence-electron chi connectivity index (χ1n) is 10.9. The predicted molar refractivity (Wildman–Crippen MR) is 129 cm³/mol. The Balaban J connectivity index is 1.74. The van der Waals surface area contributed by atoms with Crippen molar-refractivity contribution >= 4 is 34.9 Å². The zero-order chi connectivity index (χ0) is 24.1. The summed E-state index contributed by atoms with van der Waals surface area (Å²) in [6.45, 7) is 2.21. The van der Waals surface area contributed by atoms with Crippen molar-refractivity contribution in [2.24, 2.45) is 0 Å². The van der Waals surface area contributed by atoms with Crippen molar-refractivity contribution in [1.29, 1.82) is 0 Å². The summed E-state index contributed by atoms with van der Waals surface area (Å²) in [6.07, 6.45) is 0.787. The summed E-state index contributed by atoms with van der Waals surface area (Å²) < 4.78 is 7.56. The number of aliphatic carboxylic acids is 1. The number of carbonyl (C=O) groups is 3. The molecular weight excluding hydrogens is 432 g/mol. The highest BCUT2D eigenvalue weighted by molar-refractivity contribution is 6.05. The number of hydrogen-bond donors (Lipinski definition) is 2. The fourth-order valence-corrected chi connectivity index (χ4v) is 4.04. The average Bonchev–Trinajstić information content (AvgIpc) is 3.12. The van der Waals surface area contributed by atoms with E-state index in [1.807, 2.05) is 49.4 Å². The highest BCUT2D eigenvalue weighted by atomic mass is 16.5. The molecule has 1 aromatic heterocycles. The fraction of sp³-hybridized carbons (Fsp3) is 0.148. The number of ether oxygens (including phenoxy) is 1. The first-order valence-corrected chi connectivity index (χ1v) is 10.9. The van der Waals surface area contributed by atoms with Crippen molar-refractivity contribution < 1.29 is 24.2 Å². The highest BCUT2D eigenvalue weighted by Crippen LogP contribution is 2.31. The van der Waals surface area contributed by atoms with Crippen molar-refractivity contribution in [3.05, 3.63) is 95.2 Å². The number of anilines is 1. The smallest absolute Gasteiger partial charge is 0.303 e. The van der Waals surface area contributed by atoms with Crippen LogP contribution in [-0.4, -0.2) is 28.0 Å². The zero-order valence-electron chi connectivity index (χ0n) is 18.7. The van der Waals surface area contributed by atoms with Crippen LogP contribution in [0.4, 0.5) is 5.69 Å². The number of hydrogen-bond acceptors (Lipinski definition) is 4. The molecule has 34 heavy (non-hydrogen) atoms. The Morgan fingerprint density at radius 2 is 1.82 bits per heavy atom. The molecule has 0 spiro atoms. The van der Waals surface area contributed by atoms with Gasteiger partial charge in [-0.2, -0.15) is 0 Å². The van der Waals surface area contributed by atoms with Crippen molar-refractivity contribution in [2.75, 3.05) is 5.32 Å². The lowest BCUT2D eigenvalue weighted by molar-refractivity contribution is -0.136. The van der Waals surface area contributed by atoms with E-state index in [0.717, 1.165) is 16.5 Å². The van der Waals surface area contributed by atoms with Gasteiger partial charge >= 0.3 is 5.97 Å². The molecule has 0 saturated carbocycles. The van der Waals surface area contributed by atoms with E-state index < -0.39 is 5.97 Å². The van der Waals surface area contributed by atoms with E-state index in [2.05, 4.69) is 5.32 Å². The minimum Gasteiger partial charge on any atom is -0.489 e. The van der Waals surface area contributed by atoms with Crippen LogP contribution in [0.5, 0.6) is 5.75 Å². The molecule has 7 nitrogen and oxygen atoms in total. The average molecular weight is 456 g/mol. The summed E-state index contributed by atoms with van der Waals surface area (Å²) in [5.41, 5.74) is 4.08. The number of amides is 1. The van der Waals surface area contributed by atoms with Crippen LogP contribution in [0.15, 0.2) is 72.8 Å². The molecule has 0 saturated heterocycles. The van der Waals surface area contributed by atoms with Crippen molar-refractivity contribution in [3.63, 3.8) is 0 Å². The summed E-state index contributed by atoms with van der Waals surface area (Å²) in [7, 11) is 0. The molecule has 4 rings (SSSR count). The van der Waals surface area contributed by atoms with Crippen LogP contribution in [0.1, 0.15) is 33.6 Å². The van der Waals surface area contributed by atoms with Crippen molar-refractivity contribution in [3.8, 4) is 5.75 Å². The third-order valence-corrected chi connectivity index (χ3v) is 5.68. The minimum absolute atomic E-state index is 0.0536. The molecule has 3 aromatic carbocycles. The Kier molecular flexibility index (Phi) is 6.73. The van der Waals surface area contributed by atoms with E-state index in [4.69, 9.17) is 4.74 Å². The first-order chi connectivity index (χ1) is 16.5. The zero-order valence-corrected chi connectivity index (χ0v) is 18.7. The van der Waals surface area contributed by atoms with E-state index in [1.165, 1.54) is 0 Å². The summed E-state index contributed by atoms with van der Waals surface area (Å²) in [5, 5.41) is 12.6. The van der Waals surface area contributed by atoms with Gasteiger partial charge in [0.1, 0.15) is 12.4 Å². The van der Waals surface area contributed by atoms with E-state index in [1.54, 1.807) is 34.9 Å². The number of nitrogens with one attached hydrogen (secondary N) is 1. The molecule has 0 radical (unpaired) electrons. The number of nitrogens with zero attached hydrogens (tertiary/aromatic N) is 1. The summed E-state index contributed by atoms with van der Waals surface area (Å²) in [4.78, 5) is 35.6. The quantitative estimate of drug-likeness (QED) is 0.353. The molecule has 1 heterocycles. The van der Waals surface area contributed by atoms with Gasteiger partial charge in [-0.25, -0.2) is 0 Å². The minimum atomic E-state index is -0.907. The number of fused-ring (bicyclic) bond motifs is 1. The third kappa shape index (κ3) is 4.83. The number of aromatic nitrogens is 1. The van der Waals surface area contributed by atoms with Crippen LogP contribution in [-0.2, 0) is 22.6 Å². The van der Waals surface area contributed by atoms with Gasteiger partial charge in [-0.15, -0.1) is 0 Å². The van der Waals surface area contributed by atoms with Crippen LogP contribution in [0.25, 0.3) is 10.9 Å². The van der Waals surface area contributed by atoms with E-state index in [9.17, 15) is 19.5 Å². The molecule has 0 aliphatic rings. The van der Waals surface area contributed by atoms with Gasteiger partial charge in [-0.1, -0.05) is 36.4 Å². The van der Waals surface area contributed by atoms with Crippen molar-refractivity contribution in [2.45, 2.75) is 26.4 Å². The Morgan fingerprint density at radius 1 is 1.03 bits per heavy atom. The second kappa shape index (κ2) is 10.0. The highest BCUT2D eigenvalue weighted by Gasteiger charge is 2.21. The van der Waals surface area contributed by atoms with Gasteiger partial charge in [0, 0.05) is 28.8 Å². The lowest BCUT2D eigenvalue weighted by Gasteiger charge is -2.09. The standard InChI is InChI=1S/C27H24N2O5/c1-18-23(11-13-26(31)32)24-15-22(34-16-19-6-3-2-4-7-19)10-12-25(24)29(18)27(33)20-8-5-9-21(14-20)28-17-30/h2-10,12,14-15,17H,11,13,16H2,1H3,(H,28,30)(H,31,32). The Morgan fingerprint density at radius 3 is 2.56 bits per heavy atom. The molecule has 0 fully saturated rings. The lowest BCUT2D eigenvalue weighted by Crippen LogP contribution is -2.14. The maximum Gasteiger partial charge on any atom is 0.303 e. The van der Waals surface area contributed by atoms with Gasteiger partial charge in [-0.05, 0) is 60.9 Å². The van der Waals surface area contributed by atoms with Crippen LogP contribution in [0.2, 0.25) is 0 Å². The van der Waals surface area contributed by atoms with E-state index in [-0.39, 0.29) is 18.7 Å². The Bertz CT molecular complexity index is 1360. The van der Waals surface area contributed by atoms with Gasteiger partial charge in [0.2, 0.25) is 6.41 Å². The van der Waals surface area contributed by atoms with Crippen LogP contribution in [0.3, 0.4) is 0 Å². The molecule has 0 atom stereocenters. The number of rotatable bonds is 9. The fourth-order valence-electron chi connectivity index (χ4n) is 4.04. The largest absolute Gasteiger partial charge is 0.489 e. The van der Waals surface area contributed by atoms with Gasteiger partial charge < -0.3 is 15.2 Å². The second-order valence-corrected chi connectivity index (χ2v) is 7.89. The van der Waals surface area contributed by atoms with Gasteiger partial charge in [0.05, 0.1) is 5.52 Å². The number of carbonyl (C=O) groups excluding carboxylic acids is 2. The van der Waals surface area contributed by atoms with Crippen LogP contribution < -0.4 is 10.1 Å². The number of aryl methyl sites for hydroxylation is 1. The van der Waals surface area contributed by atoms with E-state index in [0.29, 0.717) is 41.2 Å². The first kappa shape index (κ1) is 22.8. The Labute approximate surface area is 196 Å². The maximum absolute atomic E-state index is 13.5. The monoisotopic (exact) mass is 456 g/mol. The molecule has 1 amide bonds. The molecule has 0 aliphatic carbocycles. The Hall–Kier alpha value is -4.39. The normalized spacial score (nSPS) is 10.7. The third-order valence-electron chi connectivity index (χ3n) is 5.68. The van der Waals surface area contributed by atoms with Gasteiger partial charge in [0.25, 0.3) is 5.91 Å². The van der Waals surface area contributed by atoms with Gasteiger partial charge in [-0.3, -0.25) is 19.0 Å². The second-order valence-electron chi connectivity index (χ2n) is 7.89. The molecule has 0 unspecified atom stereocenters. The summed E-state index contributed by atoms with van der Waals surface area (Å²) in [5.74, 6) is -0.540. The maximum atomic E-state index is 13.5. The molecule has 7 heteroatoms. The number of carboxylic acids is 1. The predicted octanol–water partition coefficient (Wildman–Crippen LogP) is 4.80. The van der Waals surface area contributed by atoms with Crippen LogP contribution in [0, 0.1) is 6.92 Å². The molecule has 0 aliphatic heterocycles. The van der Waals surface area contributed by atoms with Crippen molar-refractivity contribution in [1.82, 2.24) is 4.57 Å². The molecule has 4 aromatic rings. The topological polar surface area (TPSA) is 97.6 Å². The number of carboxylic acid groups (broad SMARTS) is 1. The molecule has 2 N–H and O–H groups in total. The van der Waals surface area contributed by atoms with Crippen LogP contribution >= 0.6 is 0 Å².